The molecule has 6 heteroatoms. The zero-order valence-corrected chi connectivity index (χ0v) is 14.4. The van der Waals surface area contributed by atoms with Crippen LogP contribution < -0.4 is 0 Å². The van der Waals surface area contributed by atoms with E-state index in [4.69, 9.17) is 0 Å². The number of hydrogen-bond acceptors (Lipinski definition) is 3. The van der Waals surface area contributed by atoms with Gasteiger partial charge in [-0.25, -0.2) is 4.39 Å². The number of likely N-dealkylation sites (N-methyl/N-ethyl adjacent to an activating group) is 1. The van der Waals surface area contributed by atoms with Crippen LogP contribution in [0.1, 0.15) is 38.3 Å². The fourth-order valence-electron chi connectivity index (χ4n) is 3.39. The Kier molecular flexibility index (Phi) is 4.12. The molecule has 23 heavy (non-hydrogen) atoms. The average Bonchev–Trinajstić information content (AvgIpc) is 3.02. The van der Waals surface area contributed by atoms with E-state index in [2.05, 4.69) is 0 Å². The molecule has 2 amide bonds. The maximum Gasteiger partial charge on any atom is 0.246 e. The highest BCUT2D eigenvalue weighted by atomic mass is 32.2. The van der Waals surface area contributed by atoms with Gasteiger partial charge in [0.25, 0.3) is 0 Å². The van der Waals surface area contributed by atoms with Gasteiger partial charge in [0.15, 0.2) is 0 Å². The van der Waals surface area contributed by atoms with Gasteiger partial charge in [-0.1, -0.05) is 12.1 Å². The second-order valence-electron chi connectivity index (χ2n) is 6.44. The number of halogens is 1. The smallest absolute Gasteiger partial charge is 0.246 e. The predicted octanol–water partition coefficient (Wildman–Crippen LogP) is 2.80. The van der Waals surface area contributed by atoms with Gasteiger partial charge in [-0.2, -0.15) is 0 Å². The Morgan fingerprint density at radius 2 is 2.09 bits per heavy atom. The van der Waals surface area contributed by atoms with Crippen LogP contribution in [0.3, 0.4) is 0 Å². The number of fused-ring (bicyclic) bond motifs is 1. The maximum atomic E-state index is 13.1. The number of nitrogens with zero attached hydrogens (tertiary/aromatic N) is 2. The van der Waals surface area contributed by atoms with Crippen molar-refractivity contribution in [3.8, 4) is 0 Å². The largest absolute Gasteiger partial charge is 0.337 e. The fourth-order valence-corrected chi connectivity index (χ4v) is 4.82. The summed E-state index contributed by atoms with van der Waals surface area (Å²) in [6.45, 7) is 3.96. The van der Waals surface area contributed by atoms with E-state index in [9.17, 15) is 14.0 Å². The molecular formula is C17H21FN2O2S. The van der Waals surface area contributed by atoms with Crippen molar-refractivity contribution in [3.63, 3.8) is 0 Å². The Balaban J connectivity index is 1.77. The number of thioether (sulfide) groups is 1. The SMILES string of the molecule is CC(c1ccc(F)cc1)N(C)C(=O)C1CSC2(C)CCC(=O)N12. The van der Waals surface area contributed by atoms with Crippen molar-refractivity contribution in [2.45, 2.75) is 43.6 Å². The summed E-state index contributed by atoms with van der Waals surface area (Å²) in [5.74, 6) is 0.370. The minimum atomic E-state index is -0.395. The van der Waals surface area contributed by atoms with Gasteiger partial charge in [-0.05, 0) is 38.0 Å². The molecule has 0 aromatic heterocycles. The Labute approximate surface area is 140 Å². The molecule has 124 valence electrons. The summed E-state index contributed by atoms with van der Waals surface area (Å²) in [5.41, 5.74) is 0.878. The van der Waals surface area contributed by atoms with Crippen molar-refractivity contribution < 1.29 is 14.0 Å². The number of carbonyl (C=O) groups excluding carboxylic acids is 2. The highest BCUT2D eigenvalue weighted by Crippen LogP contribution is 2.47. The molecule has 3 atom stereocenters. The predicted molar refractivity (Wildman–Crippen MR) is 88.3 cm³/mol. The molecular weight excluding hydrogens is 315 g/mol. The van der Waals surface area contributed by atoms with Crippen molar-refractivity contribution in [1.29, 1.82) is 0 Å². The van der Waals surface area contributed by atoms with E-state index in [0.717, 1.165) is 12.0 Å². The van der Waals surface area contributed by atoms with Crippen LogP contribution in [0.4, 0.5) is 4.39 Å². The van der Waals surface area contributed by atoms with Gasteiger partial charge >= 0.3 is 0 Å². The lowest BCUT2D eigenvalue weighted by molar-refractivity contribution is -0.144. The number of amides is 2. The molecule has 4 nitrogen and oxygen atoms in total. The van der Waals surface area contributed by atoms with Gasteiger partial charge < -0.3 is 9.80 Å². The molecule has 0 bridgehead atoms. The minimum absolute atomic E-state index is 0.0479. The number of carbonyl (C=O) groups is 2. The van der Waals surface area contributed by atoms with E-state index in [1.807, 2.05) is 13.8 Å². The van der Waals surface area contributed by atoms with Crippen LogP contribution in [-0.2, 0) is 9.59 Å². The van der Waals surface area contributed by atoms with E-state index in [0.29, 0.717) is 12.2 Å². The first-order chi connectivity index (χ1) is 10.8. The Hall–Kier alpha value is -1.56. The van der Waals surface area contributed by atoms with E-state index >= 15 is 0 Å². The van der Waals surface area contributed by atoms with Gasteiger partial charge in [-0.3, -0.25) is 9.59 Å². The Morgan fingerprint density at radius 3 is 2.74 bits per heavy atom. The zero-order chi connectivity index (χ0) is 16.8. The van der Waals surface area contributed by atoms with Gasteiger partial charge in [0.05, 0.1) is 10.9 Å². The second kappa shape index (κ2) is 5.82. The van der Waals surface area contributed by atoms with Crippen LogP contribution in [0, 0.1) is 5.82 Å². The Bertz CT molecular complexity index is 636. The monoisotopic (exact) mass is 336 g/mol. The molecule has 3 rings (SSSR count). The van der Waals surface area contributed by atoms with Gasteiger partial charge in [-0.15, -0.1) is 11.8 Å². The summed E-state index contributed by atoms with van der Waals surface area (Å²) >= 11 is 1.69. The van der Waals surface area contributed by atoms with Crippen LogP contribution >= 0.6 is 11.8 Å². The van der Waals surface area contributed by atoms with Gasteiger partial charge in [0.2, 0.25) is 11.8 Å². The van der Waals surface area contributed by atoms with E-state index in [1.165, 1.54) is 12.1 Å². The number of benzene rings is 1. The first-order valence-electron chi connectivity index (χ1n) is 7.82. The summed E-state index contributed by atoms with van der Waals surface area (Å²) in [7, 11) is 1.75. The van der Waals surface area contributed by atoms with Crippen LogP contribution in [0.25, 0.3) is 0 Å². The molecule has 1 aromatic rings. The molecule has 0 N–H and O–H groups in total. The average molecular weight is 336 g/mol. The molecule has 1 aromatic carbocycles. The third kappa shape index (κ3) is 2.73. The summed E-state index contributed by atoms with van der Waals surface area (Å²) in [6, 6.07) is 5.62. The van der Waals surface area contributed by atoms with E-state index in [1.54, 1.807) is 40.7 Å². The van der Waals surface area contributed by atoms with Crippen LogP contribution in [0.2, 0.25) is 0 Å². The summed E-state index contributed by atoms with van der Waals surface area (Å²) in [4.78, 5) is 28.3. The third-order valence-electron chi connectivity index (χ3n) is 5.01. The normalized spacial score (nSPS) is 27.9. The molecule has 0 aliphatic carbocycles. The Morgan fingerprint density at radius 1 is 1.43 bits per heavy atom. The second-order valence-corrected chi connectivity index (χ2v) is 7.94. The first kappa shape index (κ1) is 16.3. The van der Waals surface area contributed by atoms with Crippen molar-refractivity contribution >= 4 is 23.6 Å². The molecule has 2 aliphatic heterocycles. The van der Waals surface area contributed by atoms with E-state index < -0.39 is 6.04 Å². The number of hydrogen-bond donors (Lipinski definition) is 0. The van der Waals surface area contributed by atoms with Crippen LogP contribution in [-0.4, -0.2) is 45.3 Å². The molecule has 0 spiro atoms. The standard InChI is InChI=1S/C17H21FN2O2S/c1-11(12-4-6-13(18)7-5-12)19(3)16(22)14-10-23-17(2)9-8-15(21)20(14)17/h4-7,11,14H,8-10H2,1-3H3. The van der Waals surface area contributed by atoms with Crippen LogP contribution in [0.15, 0.2) is 24.3 Å². The maximum absolute atomic E-state index is 13.1. The van der Waals surface area contributed by atoms with Crippen molar-refractivity contribution in [2.24, 2.45) is 0 Å². The lowest BCUT2D eigenvalue weighted by Crippen LogP contribution is -2.50. The van der Waals surface area contributed by atoms with Crippen molar-refractivity contribution in [3.05, 3.63) is 35.6 Å². The zero-order valence-electron chi connectivity index (χ0n) is 13.6. The molecule has 0 radical (unpaired) electrons. The highest BCUT2D eigenvalue weighted by Gasteiger charge is 2.53. The first-order valence-corrected chi connectivity index (χ1v) is 8.80. The molecule has 2 heterocycles. The quantitative estimate of drug-likeness (QED) is 0.852. The molecule has 2 aliphatic rings. The fraction of sp³-hybridized carbons (Fsp3) is 0.529. The highest BCUT2D eigenvalue weighted by molar-refractivity contribution is 8.01. The minimum Gasteiger partial charge on any atom is -0.337 e. The lowest BCUT2D eigenvalue weighted by atomic mass is 10.1. The van der Waals surface area contributed by atoms with Gasteiger partial charge in [0, 0.05) is 19.2 Å². The van der Waals surface area contributed by atoms with Crippen molar-refractivity contribution in [1.82, 2.24) is 9.80 Å². The summed E-state index contributed by atoms with van der Waals surface area (Å²) < 4.78 is 13.1. The molecule has 3 unspecified atom stereocenters. The summed E-state index contributed by atoms with van der Waals surface area (Å²) in [5, 5.41) is 0. The van der Waals surface area contributed by atoms with Crippen molar-refractivity contribution in [2.75, 3.05) is 12.8 Å². The van der Waals surface area contributed by atoms with Gasteiger partial charge in [0.1, 0.15) is 11.9 Å². The molecule has 0 saturated carbocycles. The third-order valence-corrected chi connectivity index (χ3v) is 6.52. The lowest BCUT2D eigenvalue weighted by Gasteiger charge is -2.34. The molecule has 2 fully saturated rings. The topological polar surface area (TPSA) is 40.6 Å². The molecule has 2 saturated heterocycles. The summed E-state index contributed by atoms with van der Waals surface area (Å²) in [6.07, 6.45) is 1.32. The van der Waals surface area contributed by atoms with E-state index in [-0.39, 0.29) is 28.5 Å². The van der Waals surface area contributed by atoms with Crippen LogP contribution in [0.5, 0.6) is 0 Å². The number of rotatable bonds is 3.